The molecule has 0 N–H and O–H groups in total. The quantitative estimate of drug-likeness (QED) is 0.805. The maximum atomic E-state index is 13.3. The third-order valence-electron chi connectivity index (χ3n) is 6.21. The summed E-state index contributed by atoms with van der Waals surface area (Å²) in [6, 6.07) is 0.284. The summed E-state index contributed by atoms with van der Waals surface area (Å²) in [5.74, 6) is 0.883. The number of anilines is 1. The number of aryl methyl sites for hydroxylation is 2. The van der Waals surface area contributed by atoms with Gasteiger partial charge in [0.05, 0.1) is 36.2 Å². The van der Waals surface area contributed by atoms with E-state index < -0.39 is 0 Å². The van der Waals surface area contributed by atoms with Gasteiger partial charge in [0.1, 0.15) is 0 Å². The lowest BCUT2D eigenvalue weighted by molar-refractivity contribution is 0.0643. The normalized spacial score (nSPS) is 23.8. The van der Waals surface area contributed by atoms with E-state index in [1.165, 1.54) is 0 Å². The molecule has 2 fully saturated rings. The number of aromatic nitrogens is 4. The number of hydrogen-bond donors (Lipinski definition) is 0. The van der Waals surface area contributed by atoms with E-state index >= 15 is 0 Å². The zero-order valence-electron chi connectivity index (χ0n) is 16.5. The first-order chi connectivity index (χ1) is 13.7. The van der Waals surface area contributed by atoms with E-state index in [-0.39, 0.29) is 18.0 Å². The van der Waals surface area contributed by atoms with Crippen molar-refractivity contribution in [3.05, 3.63) is 34.9 Å². The van der Waals surface area contributed by atoms with Crippen LogP contribution in [-0.4, -0.2) is 62.9 Å². The second-order valence-electron chi connectivity index (χ2n) is 7.82. The second-order valence-corrected chi connectivity index (χ2v) is 7.82. The van der Waals surface area contributed by atoms with Crippen molar-refractivity contribution >= 4 is 11.9 Å². The SMILES string of the molecule is CCn1cc(C(=O)N2[C@@H]3CC[C@H]2c2cnc(N4CCOCC4)nc2C3)c(C)n1. The molecule has 148 valence electrons. The lowest BCUT2D eigenvalue weighted by Gasteiger charge is -2.36. The highest BCUT2D eigenvalue weighted by atomic mass is 16.5. The molecular formula is C20H26N6O2. The maximum Gasteiger partial charge on any atom is 0.258 e. The van der Waals surface area contributed by atoms with Gasteiger partial charge in [-0.05, 0) is 26.7 Å². The number of morpholine rings is 1. The summed E-state index contributed by atoms with van der Waals surface area (Å²) in [6.45, 7) is 7.81. The highest BCUT2D eigenvalue weighted by molar-refractivity contribution is 5.96. The van der Waals surface area contributed by atoms with Gasteiger partial charge in [0.15, 0.2) is 0 Å². The average molecular weight is 382 g/mol. The average Bonchev–Trinajstić information content (AvgIpc) is 3.26. The first-order valence-corrected chi connectivity index (χ1v) is 10.2. The summed E-state index contributed by atoms with van der Waals surface area (Å²) < 4.78 is 7.27. The minimum absolute atomic E-state index is 0.0735. The van der Waals surface area contributed by atoms with Crippen molar-refractivity contribution in [1.29, 1.82) is 0 Å². The van der Waals surface area contributed by atoms with Crippen LogP contribution < -0.4 is 4.90 Å². The second kappa shape index (κ2) is 6.84. The zero-order chi connectivity index (χ0) is 19.3. The Morgan fingerprint density at radius 1 is 1.29 bits per heavy atom. The number of carbonyl (C=O) groups is 1. The molecule has 8 nitrogen and oxygen atoms in total. The van der Waals surface area contributed by atoms with E-state index in [0.29, 0.717) is 5.56 Å². The molecule has 2 atom stereocenters. The van der Waals surface area contributed by atoms with Crippen molar-refractivity contribution in [2.45, 2.75) is 51.7 Å². The van der Waals surface area contributed by atoms with Crippen molar-refractivity contribution in [2.24, 2.45) is 0 Å². The van der Waals surface area contributed by atoms with Crippen LogP contribution in [0.2, 0.25) is 0 Å². The van der Waals surface area contributed by atoms with Crippen LogP contribution in [0.1, 0.15) is 53.1 Å². The van der Waals surface area contributed by atoms with Crippen molar-refractivity contribution < 1.29 is 9.53 Å². The van der Waals surface area contributed by atoms with Crippen LogP contribution in [-0.2, 0) is 17.7 Å². The molecule has 2 saturated heterocycles. The molecule has 2 bridgehead atoms. The Kier molecular flexibility index (Phi) is 4.30. The van der Waals surface area contributed by atoms with Crippen LogP contribution >= 0.6 is 0 Å². The Balaban J connectivity index is 1.44. The topological polar surface area (TPSA) is 76.4 Å². The molecule has 0 unspecified atom stereocenters. The van der Waals surface area contributed by atoms with Crippen molar-refractivity contribution in [2.75, 3.05) is 31.2 Å². The Hall–Kier alpha value is -2.48. The van der Waals surface area contributed by atoms with E-state index in [1.807, 2.05) is 30.9 Å². The summed E-state index contributed by atoms with van der Waals surface area (Å²) in [7, 11) is 0. The number of ether oxygens (including phenoxy) is 1. The van der Waals surface area contributed by atoms with Crippen LogP contribution in [0.25, 0.3) is 0 Å². The molecule has 28 heavy (non-hydrogen) atoms. The van der Waals surface area contributed by atoms with Gasteiger partial charge in [-0.15, -0.1) is 0 Å². The van der Waals surface area contributed by atoms with Gasteiger partial charge in [-0.2, -0.15) is 5.10 Å². The standard InChI is InChI=1S/C20H26N6O2/c1-3-25-12-16(13(2)23-25)19(27)26-14-4-5-18(26)15-11-21-20(22-17(15)10-14)24-6-8-28-9-7-24/h11-12,14,18H,3-10H2,1-2H3/t14-,18+/m1/s1. The fraction of sp³-hybridized carbons (Fsp3) is 0.600. The molecule has 3 aliphatic heterocycles. The summed E-state index contributed by atoms with van der Waals surface area (Å²) >= 11 is 0. The monoisotopic (exact) mass is 382 g/mol. The summed E-state index contributed by atoms with van der Waals surface area (Å²) in [6.07, 6.45) is 6.62. The maximum absolute atomic E-state index is 13.3. The fourth-order valence-electron chi connectivity index (χ4n) is 4.72. The van der Waals surface area contributed by atoms with E-state index in [0.717, 1.165) is 75.0 Å². The Bertz CT molecular complexity index is 904. The molecular weight excluding hydrogens is 356 g/mol. The predicted molar refractivity (Wildman–Crippen MR) is 103 cm³/mol. The first-order valence-electron chi connectivity index (χ1n) is 10.2. The molecule has 1 amide bonds. The molecule has 8 heteroatoms. The number of amides is 1. The van der Waals surface area contributed by atoms with E-state index in [1.54, 1.807) is 0 Å². The lowest BCUT2D eigenvalue weighted by atomic mass is 9.98. The minimum Gasteiger partial charge on any atom is -0.378 e. The number of rotatable bonds is 3. The molecule has 0 radical (unpaired) electrons. The molecule has 0 aromatic carbocycles. The third kappa shape index (κ3) is 2.78. The number of carbonyl (C=O) groups excluding carboxylic acids is 1. The van der Waals surface area contributed by atoms with Crippen molar-refractivity contribution in [3.63, 3.8) is 0 Å². The van der Waals surface area contributed by atoms with Crippen LogP contribution in [0.4, 0.5) is 5.95 Å². The van der Waals surface area contributed by atoms with Gasteiger partial charge in [-0.3, -0.25) is 9.48 Å². The number of fused-ring (bicyclic) bond motifs is 4. The van der Waals surface area contributed by atoms with Gasteiger partial charge in [0.2, 0.25) is 5.95 Å². The van der Waals surface area contributed by atoms with Crippen LogP contribution in [0.3, 0.4) is 0 Å². The predicted octanol–water partition coefficient (Wildman–Crippen LogP) is 1.74. The van der Waals surface area contributed by atoms with E-state index in [4.69, 9.17) is 9.72 Å². The Labute approximate surface area is 164 Å². The fourth-order valence-corrected chi connectivity index (χ4v) is 4.72. The molecule has 0 saturated carbocycles. The van der Waals surface area contributed by atoms with Crippen molar-refractivity contribution in [3.8, 4) is 0 Å². The third-order valence-corrected chi connectivity index (χ3v) is 6.21. The summed E-state index contributed by atoms with van der Waals surface area (Å²) in [5, 5.41) is 4.45. The molecule has 3 aliphatic rings. The number of hydrogen-bond acceptors (Lipinski definition) is 6. The zero-order valence-corrected chi connectivity index (χ0v) is 16.5. The van der Waals surface area contributed by atoms with Gasteiger partial charge >= 0.3 is 0 Å². The highest BCUT2D eigenvalue weighted by Gasteiger charge is 2.44. The Morgan fingerprint density at radius 3 is 2.86 bits per heavy atom. The van der Waals surface area contributed by atoms with E-state index in [9.17, 15) is 4.79 Å². The van der Waals surface area contributed by atoms with Gasteiger partial charge < -0.3 is 14.5 Å². The van der Waals surface area contributed by atoms with Gasteiger partial charge in [0, 0.05) is 50.1 Å². The minimum atomic E-state index is 0.0735. The largest absolute Gasteiger partial charge is 0.378 e. The van der Waals surface area contributed by atoms with Gasteiger partial charge in [-0.25, -0.2) is 9.97 Å². The van der Waals surface area contributed by atoms with Crippen LogP contribution in [0, 0.1) is 6.92 Å². The lowest BCUT2D eigenvalue weighted by Crippen LogP contribution is -2.43. The van der Waals surface area contributed by atoms with E-state index in [2.05, 4.69) is 19.9 Å². The van der Waals surface area contributed by atoms with Crippen LogP contribution in [0.15, 0.2) is 12.4 Å². The van der Waals surface area contributed by atoms with Gasteiger partial charge in [-0.1, -0.05) is 0 Å². The molecule has 2 aromatic heterocycles. The first kappa shape index (κ1) is 17.6. The summed E-state index contributed by atoms with van der Waals surface area (Å²) in [4.78, 5) is 27.1. The molecule has 5 rings (SSSR count). The molecule has 0 spiro atoms. The highest BCUT2D eigenvalue weighted by Crippen LogP contribution is 2.44. The molecule has 0 aliphatic carbocycles. The Morgan fingerprint density at radius 2 is 2.11 bits per heavy atom. The van der Waals surface area contributed by atoms with Crippen molar-refractivity contribution in [1.82, 2.24) is 24.6 Å². The summed E-state index contributed by atoms with van der Waals surface area (Å²) in [5.41, 5.74) is 3.73. The smallest absolute Gasteiger partial charge is 0.258 e. The molecule has 5 heterocycles. The molecule has 2 aromatic rings. The number of nitrogens with zero attached hydrogens (tertiary/aromatic N) is 6. The van der Waals surface area contributed by atoms with Crippen LogP contribution in [0.5, 0.6) is 0 Å². The van der Waals surface area contributed by atoms with Gasteiger partial charge in [0.25, 0.3) is 5.91 Å².